The number of carbonyl (C=O) groups is 1. The van der Waals surface area contributed by atoms with Crippen molar-refractivity contribution in [3.8, 4) is 39.7 Å². The summed E-state index contributed by atoms with van der Waals surface area (Å²) in [6, 6.07) is 18.4. The highest BCUT2D eigenvalue weighted by atomic mass is 19.1. The van der Waals surface area contributed by atoms with Crippen molar-refractivity contribution in [3.05, 3.63) is 84.3 Å². The molecule has 0 aliphatic carbocycles. The number of hydrogen-bond acceptors (Lipinski definition) is 7. The fourth-order valence-electron chi connectivity index (χ4n) is 4.76. The summed E-state index contributed by atoms with van der Waals surface area (Å²) in [7, 11) is 3.51. The van der Waals surface area contributed by atoms with Crippen molar-refractivity contribution in [2.45, 2.75) is 6.92 Å². The molecule has 3 aromatic carbocycles. The molecule has 6 rings (SSSR count). The summed E-state index contributed by atoms with van der Waals surface area (Å²) in [5.74, 6) is -0.108. The van der Waals surface area contributed by atoms with Crippen molar-refractivity contribution in [2.24, 2.45) is 0 Å². The van der Waals surface area contributed by atoms with Crippen LogP contribution >= 0.6 is 0 Å². The summed E-state index contributed by atoms with van der Waals surface area (Å²) in [6.45, 7) is 2.73. The molecule has 0 unspecified atom stereocenters. The maximum Gasteiger partial charge on any atom is 0.255 e. The molecule has 0 aliphatic rings. The van der Waals surface area contributed by atoms with Crippen molar-refractivity contribution in [1.82, 2.24) is 15.3 Å². The number of nitrogens with one attached hydrogen (secondary N) is 1. The van der Waals surface area contributed by atoms with Gasteiger partial charge in [-0.25, -0.2) is 14.4 Å². The second kappa shape index (κ2) is 9.85. The highest BCUT2D eigenvalue weighted by Gasteiger charge is 2.25. The lowest BCUT2D eigenvalue weighted by molar-refractivity contribution is 0.0964. The number of fused-ring (bicyclic) bond motifs is 2. The van der Waals surface area contributed by atoms with Gasteiger partial charge in [0.25, 0.3) is 5.91 Å². The van der Waals surface area contributed by atoms with Crippen LogP contribution in [0.2, 0.25) is 0 Å². The molecule has 3 heterocycles. The van der Waals surface area contributed by atoms with Crippen molar-refractivity contribution in [2.75, 3.05) is 25.5 Å². The molecule has 0 bridgehead atoms. The second-order valence-electron chi connectivity index (χ2n) is 9.35. The fourth-order valence-corrected chi connectivity index (χ4v) is 4.76. The smallest absolute Gasteiger partial charge is 0.255 e. The van der Waals surface area contributed by atoms with Crippen LogP contribution in [0.3, 0.4) is 0 Å². The Labute approximate surface area is 228 Å². The number of amides is 1. The van der Waals surface area contributed by atoms with Gasteiger partial charge in [0.2, 0.25) is 11.6 Å². The first-order valence-corrected chi connectivity index (χ1v) is 12.7. The zero-order valence-corrected chi connectivity index (χ0v) is 22.0. The van der Waals surface area contributed by atoms with Crippen LogP contribution in [0.4, 0.5) is 10.1 Å². The Hall–Kier alpha value is -5.18. The third-order valence-corrected chi connectivity index (χ3v) is 6.96. The molecule has 9 heteroatoms. The van der Waals surface area contributed by atoms with Gasteiger partial charge in [0.05, 0.1) is 11.1 Å². The maximum absolute atomic E-state index is 13.6. The van der Waals surface area contributed by atoms with E-state index in [9.17, 15) is 14.3 Å². The number of anilines is 1. The number of pyridine rings is 1. The Bertz CT molecular complexity index is 1860. The monoisotopic (exact) mass is 536 g/mol. The van der Waals surface area contributed by atoms with Gasteiger partial charge in [-0.3, -0.25) is 4.79 Å². The quantitative estimate of drug-likeness (QED) is 0.246. The molecular formula is C31H25FN4O4. The molecule has 0 spiro atoms. The zero-order chi connectivity index (χ0) is 28.0. The number of oxazole rings is 1. The average Bonchev–Trinajstić information content (AvgIpc) is 3.58. The van der Waals surface area contributed by atoms with Crippen LogP contribution in [-0.4, -0.2) is 41.6 Å². The molecule has 0 aliphatic heterocycles. The summed E-state index contributed by atoms with van der Waals surface area (Å²) in [4.78, 5) is 23.9. The molecule has 0 radical (unpaired) electrons. The van der Waals surface area contributed by atoms with Crippen LogP contribution in [0.5, 0.6) is 5.75 Å². The Morgan fingerprint density at radius 3 is 2.52 bits per heavy atom. The largest absolute Gasteiger partial charge is 0.507 e. The van der Waals surface area contributed by atoms with E-state index in [4.69, 9.17) is 8.83 Å². The SMILES string of the molecule is CCN(C)c1cc2oc(-c3ccc(F)cc3)c(C(=O)NC)c2cc1-c1ccc(O)c(-c2nc3cccnc3o2)c1. The molecule has 0 saturated carbocycles. The molecule has 0 saturated heterocycles. The van der Waals surface area contributed by atoms with Crippen LogP contribution in [0, 0.1) is 5.82 Å². The van der Waals surface area contributed by atoms with E-state index in [1.54, 1.807) is 55.7 Å². The molecule has 40 heavy (non-hydrogen) atoms. The number of nitrogens with zero attached hydrogens (tertiary/aromatic N) is 3. The van der Waals surface area contributed by atoms with Gasteiger partial charge in [-0.15, -0.1) is 0 Å². The third kappa shape index (κ3) is 4.21. The van der Waals surface area contributed by atoms with Gasteiger partial charge < -0.3 is 24.2 Å². The number of phenols is 1. The number of furan rings is 1. The number of benzene rings is 3. The van der Waals surface area contributed by atoms with Crippen LogP contribution < -0.4 is 10.2 Å². The number of phenolic OH excluding ortho intramolecular Hbond substituents is 1. The molecule has 3 aromatic heterocycles. The summed E-state index contributed by atoms with van der Waals surface area (Å²) in [6.07, 6.45) is 1.62. The van der Waals surface area contributed by atoms with Gasteiger partial charge in [0, 0.05) is 55.1 Å². The first-order valence-electron chi connectivity index (χ1n) is 12.7. The van der Waals surface area contributed by atoms with Gasteiger partial charge in [0.1, 0.15) is 28.4 Å². The number of aromatic hydroxyl groups is 1. The van der Waals surface area contributed by atoms with Crippen LogP contribution in [0.1, 0.15) is 17.3 Å². The van der Waals surface area contributed by atoms with Crippen molar-refractivity contribution >= 4 is 33.8 Å². The van der Waals surface area contributed by atoms with Crippen LogP contribution in [-0.2, 0) is 0 Å². The predicted octanol–water partition coefficient (Wildman–Crippen LogP) is 6.63. The fraction of sp³-hybridized carbons (Fsp3) is 0.129. The lowest BCUT2D eigenvalue weighted by Gasteiger charge is -2.21. The lowest BCUT2D eigenvalue weighted by Crippen LogP contribution is -2.18. The summed E-state index contributed by atoms with van der Waals surface area (Å²) in [5, 5.41) is 14.0. The minimum Gasteiger partial charge on any atom is -0.507 e. The normalized spacial score (nSPS) is 11.3. The Kier molecular flexibility index (Phi) is 6.18. The van der Waals surface area contributed by atoms with E-state index in [1.807, 2.05) is 26.1 Å². The van der Waals surface area contributed by atoms with E-state index in [0.29, 0.717) is 51.2 Å². The first-order chi connectivity index (χ1) is 19.4. The number of aromatic nitrogens is 2. The van der Waals surface area contributed by atoms with Gasteiger partial charge in [0.15, 0.2) is 0 Å². The highest BCUT2D eigenvalue weighted by molar-refractivity contribution is 6.13. The van der Waals surface area contributed by atoms with Gasteiger partial charge in [-0.1, -0.05) is 6.07 Å². The number of halogens is 1. The molecule has 0 fully saturated rings. The predicted molar refractivity (Wildman–Crippen MR) is 152 cm³/mol. The number of carbonyl (C=O) groups excluding carboxylic acids is 1. The van der Waals surface area contributed by atoms with Gasteiger partial charge in [-0.05, 0) is 67.1 Å². The average molecular weight is 537 g/mol. The highest BCUT2D eigenvalue weighted by Crippen LogP contribution is 2.42. The van der Waals surface area contributed by atoms with E-state index in [0.717, 1.165) is 16.8 Å². The Morgan fingerprint density at radius 2 is 1.80 bits per heavy atom. The molecular weight excluding hydrogens is 511 g/mol. The molecule has 8 nitrogen and oxygen atoms in total. The van der Waals surface area contributed by atoms with Crippen LogP contribution in [0.25, 0.3) is 56.1 Å². The Morgan fingerprint density at radius 1 is 1.02 bits per heavy atom. The molecule has 1 amide bonds. The second-order valence-corrected chi connectivity index (χ2v) is 9.35. The summed E-state index contributed by atoms with van der Waals surface area (Å²) in [5.41, 5.74) is 5.24. The van der Waals surface area contributed by atoms with E-state index >= 15 is 0 Å². The summed E-state index contributed by atoms with van der Waals surface area (Å²) < 4.78 is 25.7. The van der Waals surface area contributed by atoms with E-state index < -0.39 is 0 Å². The van der Waals surface area contributed by atoms with E-state index in [-0.39, 0.29) is 23.4 Å². The van der Waals surface area contributed by atoms with E-state index in [2.05, 4.69) is 20.2 Å². The minimum atomic E-state index is -0.381. The standard InChI is InChI=1S/C31H25FN4O4/c1-4-36(3)24-16-26-22(27(29(38)33-2)28(39-26)17-7-10-19(32)11-8-17)15-20(24)18-9-12-25(37)21(14-18)30-35-23-6-5-13-34-31(23)40-30/h5-16,37H,4H2,1-3H3,(H,33,38). The first kappa shape index (κ1) is 25.1. The van der Waals surface area contributed by atoms with Gasteiger partial charge >= 0.3 is 0 Å². The van der Waals surface area contributed by atoms with E-state index in [1.165, 1.54) is 12.1 Å². The number of hydrogen-bond donors (Lipinski definition) is 2. The molecule has 0 atom stereocenters. The lowest BCUT2D eigenvalue weighted by atomic mass is 9.96. The van der Waals surface area contributed by atoms with Gasteiger partial charge in [-0.2, -0.15) is 0 Å². The molecule has 200 valence electrons. The van der Waals surface area contributed by atoms with Crippen LogP contribution in [0.15, 0.2) is 81.8 Å². The minimum absolute atomic E-state index is 0.00902. The third-order valence-electron chi connectivity index (χ3n) is 6.96. The molecule has 6 aromatic rings. The van der Waals surface area contributed by atoms with Crippen molar-refractivity contribution in [1.29, 1.82) is 0 Å². The molecule has 2 N–H and O–H groups in total. The maximum atomic E-state index is 13.6. The topological polar surface area (TPSA) is 105 Å². The Balaban J connectivity index is 1.59. The van der Waals surface area contributed by atoms with Crippen molar-refractivity contribution < 1.29 is 23.1 Å². The number of rotatable bonds is 6. The van der Waals surface area contributed by atoms with Crippen molar-refractivity contribution in [3.63, 3.8) is 0 Å². The zero-order valence-electron chi connectivity index (χ0n) is 22.0. The summed E-state index contributed by atoms with van der Waals surface area (Å²) >= 11 is 0.